The molecule has 1 aromatic heterocycles. The Balaban J connectivity index is 1.82. The van der Waals surface area contributed by atoms with E-state index < -0.39 is 5.79 Å². The molecule has 104 valence electrons. The van der Waals surface area contributed by atoms with Gasteiger partial charge in [-0.25, -0.2) is 4.98 Å². The van der Waals surface area contributed by atoms with Crippen molar-refractivity contribution in [3.05, 3.63) is 48.2 Å². The number of anilines is 1. The molecule has 1 aliphatic heterocycles. The maximum Gasteiger partial charge on any atom is 0.219 e. The first kappa shape index (κ1) is 12.9. The molecule has 3 rings (SSSR count). The Labute approximate surface area is 117 Å². The van der Waals surface area contributed by atoms with Crippen molar-refractivity contribution < 1.29 is 14.2 Å². The predicted molar refractivity (Wildman–Crippen MR) is 74.4 cm³/mol. The van der Waals surface area contributed by atoms with Gasteiger partial charge in [-0.2, -0.15) is 0 Å². The van der Waals surface area contributed by atoms with Gasteiger partial charge in [0.1, 0.15) is 5.75 Å². The van der Waals surface area contributed by atoms with Crippen LogP contribution in [0, 0.1) is 0 Å². The molecule has 0 unspecified atom stereocenters. The van der Waals surface area contributed by atoms with Crippen LogP contribution >= 0.6 is 0 Å². The smallest absolute Gasteiger partial charge is 0.219 e. The largest absolute Gasteiger partial charge is 0.439 e. The Bertz CT molecular complexity index is 592. The third-order valence-corrected chi connectivity index (χ3v) is 3.18. The summed E-state index contributed by atoms with van der Waals surface area (Å²) in [6.07, 6.45) is 1.56. The number of aromatic nitrogens is 1. The minimum Gasteiger partial charge on any atom is -0.439 e. The second-order valence-electron chi connectivity index (χ2n) is 4.70. The van der Waals surface area contributed by atoms with E-state index in [1.165, 1.54) is 0 Å². The molecule has 5 nitrogen and oxygen atoms in total. The first-order valence-electron chi connectivity index (χ1n) is 6.44. The van der Waals surface area contributed by atoms with Crippen LogP contribution in [0.3, 0.4) is 0 Å². The average molecular weight is 272 g/mol. The van der Waals surface area contributed by atoms with E-state index in [0.717, 1.165) is 5.56 Å². The van der Waals surface area contributed by atoms with Gasteiger partial charge in [0.25, 0.3) is 0 Å². The van der Waals surface area contributed by atoms with E-state index in [1.54, 1.807) is 18.3 Å². The van der Waals surface area contributed by atoms with Crippen LogP contribution in [0.2, 0.25) is 0 Å². The third kappa shape index (κ3) is 2.59. The summed E-state index contributed by atoms with van der Waals surface area (Å²) >= 11 is 0. The van der Waals surface area contributed by atoms with Crippen molar-refractivity contribution in [1.82, 2.24) is 4.98 Å². The number of hydrogen-bond acceptors (Lipinski definition) is 5. The van der Waals surface area contributed by atoms with Crippen LogP contribution in [-0.2, 0) is 15.3 Å². The van der Waals surface area contributed by atoms with Crippen LogP contribution < -0.4 is 10.5 Å². The molecule has 0 saturated carbocycles. The SMILES string of the molecule is CC1(c2cccc(Oc3ccc(N)cn3)c2)OCCO1. The van der Waals surface area contributed by atoms with Crippen LogP contribution in [-0.4, -0.2) is 18.2 Å². The Morgan fingerprint density at radius 3 is 2.70 bits per heavy atom. The number of hydrogen-bond donors (Lipinski definition) is 1. The maximum atomic E-state index is 5.70. The first-order chi connectivity index (χ1) is 9.66. The molecule has 2 N–H and O–H groups in total. The van der Waals surface area contributed by atoms with Gasteiger partial charge in [0.05, 0.1) is 25.1 Å². The summed E-state index contributed by atoms with van der Waals surface area (Å²) in [4.78, 5) is 4.11. The average Bonchev–Trinajstić information content (AvgIpc) is 2.90. The van der Waals surface area contributed by atoms with Gasteiger partial charge in [-0.15, -0.1) is 0 Å². The number of nitrogens with two attached hydrogens (primary N) is 1. The molecule has 1 aromatic carbocycles. The second kappa shape index (κ2) is 5.11. The Hall–Kier alpha value is -2.11. The lowest BCUT2D eigenvalue weighted by Gasteiger charge is -2.23. The summed E-state index contributed by atoms with van der Waals surface area (Å²) in [6.45, 7) is 3.10. The van der Waals surface area contributed by atoms with E-state index in [2.05, 4.69) is 4.98 Å². The van der Waals surface area contributed by atoms with E-state index >= 15 is 0 Å². The topological polar surface area (TPSA) is 66.6 Å². The molecule has 20 heavy (non-hydrogen) atoms. The lowest BCUT2D eigenvalue weighted by Crippen LogP contribution is -2.22. The highest BCUT2D eigenvalue weighted by atomic mass is 16.7. The molecule has 0 amide bonds. The molecule has 5 heteroatoms. The van der Waals surface area contributed by atoms with Crippen molar-refractivity contribution in [2.75, 3.05) is 18.9 Å². The van der Waals surface area contributed by atoms with E-state index in [9.17, 15) is 0 Å². The fourth-order valence-corrected chi connectivity index (χ4v) is 2.10. The molecule has 0 radical (unpaired) electrons. The molecule has 0 spiro atoms. The minimum absolute atomic E-state index is 0.495. The molecule has 0 atom stereocenters. The van der Waals surface area contributed by atoms with Gasteiger partial charge in [0.15, 0.2) is 5.79 Å². The Kier molecular flexibility index (Phi) is 3.30. The van der Waals surface area contributed by atoms with Crippen LogP contribution in [0.15, 0.2) is 42.6 Å². The maximum absolute atomic E-state index is 5.70. The fourth-order valence-electron chi connectivity index (χ4n) is 2.10. The van der Waals surface area contributed by atoms with Crippen molar-refractivity contribution in [2.45, 2.75) is 12.7 Å². The summed E-state index contributed by atoms with van der Waals surface area (Å²) in [5.74, 6) is 0.475. The van der Waals surface area contributed by atoms with Crippen LogP contribution in [0.25, 0.3) is 0 Å². The van der Waals surface area contributed by atoms with Gasteiger partial charge in [-0.05, 0) is 25.1 Å². The number of nitrogens with zero attached hydrogens (tertiary/aromatic N) is 1. The molecule has 0 aliphatic carbocycles. The van der Waals surface area contributed by atoms with Crippen molar-refractivity contribution in [1.29, 1.82) is 0 Å². The number of rotatable bonds is 3. The Morgan fingerprint density at radius 1 is 1.20 bits per heavy atom. The molecule has 1 fully saturated rings. The monoisotopic (exact) mass is 272 g/mol. The fraction of sp³-hybridized carbons (Fsp3) is 0.267. The Morgan fingerprint density at radius 2 is 2.00 bits per heavy atom. The number of pyridine rings is 1. The van der Waals surface area contributed by atoms with Crippen molar-refractivity contribution in [2.24, 2.45) is 0 Å². The van der Waals surface area contributed by atoms with Crippen molar-refractivity contribution in [3.63, 3.8) is 0 Å². The lowest BCUT2D eigenvalue weighted by molar-refractivity contribution is -0.149. The number of benzene rings is 1. The summed E-state index contributed by atoms with van der Waals surface area (Å²) < 4.78 is 17.0. The van der Waals surface area contributed by atoms with Gasteiger partial charge < -0.3 is 19.9 Å². The quantitative estimate of drug-likeness (QED) is 0.930. The zero-order valence-electron chi connectivity index (χ0n) is 11.2. The van der Waals surface area contributed by atoms with Gasteiger partial charge in [-0.1, -0.05) is 12.1 Å². The molecule has 2 heterocycles. The normalized spacial score (nSPS) is 17.1. The highest BCUT2D eigenvalue weighted by molar-refractivity contribution is 5.38. The van der Waals surface area contributed by atoms with E-state index in [1.807, 2.05) is 31.2 Å². The second-order valence-corrected chi connectivity index (χ2v) is 4.70. The minimum atomic E-state index is -0.700. The standard InChI is InChI=1S/C15H16N2O3/c1-15(18-7-8-19-15)11-3-2-4-13(9-11)20-14-6-5-12(16)10-17-14/h2-6,9-10H,7-8,16H2,1H3. The van der Waals surface area contributed by atoms with Gasteiger partial charge in [-0.3, -0.25) is 0 Å². The van der Waals surface area contributed by atoms with E-state index in [4.69, 9.17) is 19.9 Å². The molecule has 2 aromatic rings. The molecule has 0 bridgehead atoms. The van der Waals surface area contributed by atoms with Crippen LogP contribution in [0.1, 0.15) is 12.5 Å². The van der Waals surface area contributed by atoms with Crippen LogP contribution in [0.5, 0.6) is 11.6 Å². The summed E-state index contributed by atoms with van der Waals surface area (Å²) in [7, 11) is 0. The molecule has 1 aliphatic rings. The third-order valence-electron chi connectivity index (χ3n) is 3.18. The van der Waals surface area contributed by atoms with E-state index in [-0.39, 0.29) is 0 Å². The van der Waals surface area contributed by atoms with Crippen molar-refractivity contribution in [3.8, 4) is 11.6 Å². The number of ether oxygens (including phenoxy) is 3. The van der Waals surface area contributed by atoms with Crippen LogP contribution in [0.4, 0.5) is 5.69 Å². The molecular weight excluding hydrogens is 256 g/mol. The molecular formula is C15H16N2O3. The number of nitrogen functional groups attached to an aromatic ring is 1. The van der Waals surface area contributed by atoms with E-state index in [0.29, 0.717) is 30.5 Å². The van der Waals surface area contributed by atoms with Gasteiger partial charge in [0.2, 0.25) is 5.88 Å². The first-order valence-corrected chi connectivity index (χ1v) is 6.44. The predicted octanol–water partition coefficient (Wildman–Crippen LogP) is 2.68. The summed E-state index contributed by atoms with van der Waals surface area (Å²) in [6, 6.07) is 11.1. The lowest BCUT2D eigenvalue weighted by atomic mass is 10.1. The summed E-state index contributed by atoms with van der Waals surface area (Å²) in [5, 5.41) is 0. The summed E-state index contributed by atoms with van der Waals surface area (Å²) in [5.41, 5.74) is 7.12. The zero-order valence-corrected chi connectivity index (χ0v) is 11.2. The highest BCUT2D eigenvalue weighted by Gasteiger charge is 2.33. The van der Waals surface area contributed by atoms with Gasteiger partial charge in [0, 0.05) is 11.6 Å². The molecule has 1 saturated heterocycles. The highest BCUT2D eigenvalue weighted by Crippen LogP contribution is 2.33. The zero-order chi connectivity index (χ0) is 14.0. The van der Waals surface area contributed by atoms with Crippen molar-refractivity contribution >= 4 is 5.69 Å². The van der Waals surface area contributed by atoms with Gasteiger partial charge >= 0.3 is 0 Å².